The first-order valence-electron chi connectivity index (χ1n) is 9.33. The molecule has 4 atom stereocenters. The molecule has 0 saturated carbocycles. The van der Waals surface area contributed by atoms with Crippen molar-refractivity contribution < 1.29 is 23.8 Å². The first-order chi connectivity index (χ1) is 13.0. The number of carboxylic acid groups (broad SMARTS) is 1. The highest BCUT2D eigenvalue weighted by Crippen LogP contribution is 2.41. The Morgan fingerprint density at radius 3 is 2.89 bits per heavy atom. The second kappa shape index (κ2) is 6.60. The third kappa shape index (κ3) is 2.70. The lowest BCUT2D eigenvalue weighted by atomic mass is 9.83. The van der Waals surface area contributed by atoms with Crippen LogP contribution in [0.5, 0.6) is 0 Å². The zero-order valence-electron chi connectivity index (χ0n) is 15.2. The fourth-order valence-corrected chi connectivity index (χ4v) is 4.23. The summed E-state index contributed by atoms with van der Waals surface area (Å²) in [6.07, 6.45) is 5.29. The highest BCUT2D eigenvalue weighted by atomic mass is 19.1. The van der Waals surface area contributed by atoms with Gasteiger partial charge in [0.05, 0.1) is 17.8 Å². The van der Waals surface area contributed by atoms with Crippen LogP contribution in [-0.2, 0) is 14.3 Å². The van der Waals surface area contributed by atoms with Crippen molar-refractivity contribution in [1.29, 1.82) is 0 Å². The second-order valence-electron chi connectivity index (χ2n) is 7.19. The van der Waals surface area contributed by atoms with Gasteiger partial charge in [0.25, 0.3) is 5.91 Å². The molecule has 0 radical (unpaired) electrons. The minimum Gasteiger partial charge on any atom is -0.488 e. The van der Waals surface area contributed by atoms with E-state index in [1.807, 2.05) is 6.92 Å². The molecule has 0 aromatic rings. The molecular formula is C19H22FN3O4. The van der Waals surface area contributed by atoms with Crippen LogP contribution >= 0.6 is 0 Å². The first-order valence-corrected chi connectivity index (χ1v) is 9.33. The largest absolute Gasteiger partial charge is 0.488 e. The SMILES string of the molecule is CCC1CCC2=CC(F)=C3C(OC=C4C(CC)N=C(C(=O)O)C(=O)N43)C2N1. The van der Waals surface area contributed by atoms with Crippen molar-refractivity contribution in [2.75, 3.05) is 0 Å². The number of hydrogen-bond donors (Lipinski definition) is 2. The first kappa shape index (κ1) is 17.9. The Balaban J connectivity index is 1.80. The molecule has 27 heavy (non-hydrogen) atoms. The number of amides is 1. The molecule has 3 heterocycles. The van der Waals surface area contributed by atoms with Crippen LogP contribution in [0.3, 0.4) is 0 Å². The number of carbonyl (C=O) groups excluding carboxylic acids is 1. The van der Waals surface area contributed by atoms with Gasteiger partial charge in [-0.05, 0) is 37.3 Å². The van der Waals surface area contributed by atoms with E-state index < -0.39 is 35.6 Å². The smallest absolute Gasteiger partial charge is 0.359 e. The fourth-order valence-electron chi connectivity index (χ4n) is 4.23. The van der Waals surface area contributed by atoms with Gasteiger partial charge in [0, 0.05) is 6.04 Å². The van der Waals surface area contributed by atoms with Crippen molar-refractivity contribution in [3.63, 3.8) is 0 Å². The third-order valence-corrected chi connectivity index (χ3v) is 5.67. The summed E-state index contributed by atoms with van der Waals surface area (Å²) in [7, 11) is 0. The molecule has 4 unspecified atom stereocenters. The molecule has 4 aliphatic rings. The molecule has 0 bridgehead atoms. The van der Waals surface area contributed by atoms with Crippen LogP contribution in [0, 0.1) is 0 Å². The fraction of sp³-hybridized carbons (Fsp3) is 0.526. The van der Waals surface area contributed by atoms with E-state index >= 15 is 4.39 Å². The van der Waals surface area contributed by atoms with Gasteiger partial charge in [-0.15, -0.1) is 0 Å². The predicted molar refractivity (Wildman–Crippen MR) is 95.4 cm³/mol. The Bertz CT molecular complexity index is 829. The maximum absolute atomic E-state index is 15.1. The lowest BCUT2D eigenvalue weighted by molar-refractivity contribution is -0.132. The average molecular weight is 375 g/mol. The Kier molecular flexibility index (Phi) is 4.38. The molecule has 1 aliphatic carbocycles. The number of ether oxygens (including phenoxy) is 1. The highest BCUT2D eigenvalue weighted by molar-refractivity contribution is 6.64. The lowest BCUT2D eigenvalue weighted by Gasteiger charge is -2.46. The number of hydrogen-bond acceptors (Lipinski definition) is 5. The van der Waals surface area contributed by atoms with Gasteiger partial charge in [0.2, 0.25) is 5.71 Å². The Hall–Kier alpha value is -2.48. The molecule has 7 nitrogen and oxygen atoms in total. The highest BCUT2D eigenvalue weighted by Gasteiger charge is 2.49. The van der Waals surface area contributed by atoms with E-state index in [4.69, 9.17) is 4.74 Å². The number of piperidine rings is 1. The van der Waals surface area contributed by atoms with E-state index in [2.05, 4.69) is 17.2 Å². The topological polar surface area (TPSA) is 91.2 Å². The van der Waals surface area contributed by atoms with E-state index in [0.29, 0.717) is 18.2 Å². The van der Waals surface area contributed by atoms with E-state index in [1.54, 1.807) is 0 Å². The van der Waals surface area contributed by atoms with Crippen LogP contribution in [0.1, 0.15) is 39.5 Å². The summed E-state index contributed by atoms with van der Waals surface area (Å²) in [5.74, 6) is -2.78. The number of aliphatic imine (C=N–C) groups is 1. The van der Waals surface area contributed by atoms with Crippen LogP contribution in [0.15, 0.2) is 40.1 Å². The normalized spacial score (nSPS) is 32.5. The zero-order valence-corrected chi connectivity index (χ0v) is 15.2. The van der Waals surface area contributed by atoms with Crippen molar-refractivity contribution in [3.05, 3.63) is 35.1 Å². The molecule has 144 valence electrons. The van der Waals surface area contributed by atoms with Crippen molar-refractivity contribution >= 4 is 17.6 Å². The van der Waals surface area contributed by atoms with Gasteiger partial charge in [-0.25, -0.2) is 9.18 Å². The van der Waals surface area contributed by atoms with Gasteiger partial charge >= 0.3 is 5.97 Å². The van der Waals surface area contributed by atoms with Crippen molar-refractivity contribution in [3.8, 4) is 0 Å². The van der Waals surface area contributed by atoms with Crippen LogP contribution in [0.2, 0.25) is 0 Å². The molecule has 0 aromatic heterocycles. The Morgan fingerprint density at radius 2 is 2.22 bits per heavy atom. The summed E-state index contributed by atoms with van der Waals surface area (Å²) in [5, 5.41) is 12.9. The molecule has 2 N–H and O–H groups in total. The van der Waals surface area contributed by atoms with Gasteiger partial charge in [-0.3, -0.25) is 14.7 Å². The number of nitrogens with one attached hydrogen (secondary N) is 1. The molecule has 3 aliphatic heterocycles. The van der Waals surface area contributed by atoms with Crippen molar-refractivity contribution in [1.82, 2.24) is 10.2 Å². The van der Waals surface area contributed by atoms with Crippen LogP contribution in [0.4, 0.5) is 4.39 Å². The van der Waals surface area contributed by atoms with Gasteiger partial charge < -0.3 is 15.2 Å². The molecule has 1 fully saturated rings. The van der Waals surface area contributed by atoms with Crippen molar-refractivity contribution in [2.24, 2.45) is 4.99 Å². The minimum absolute atomic E-state index is 0.0719. The Labute approximate surface area is 156 Å². The number of carbonyl (C=O) groups is 2. The molecule has 1 amide bonds. The molecule has 8 heteroatoms. The minimum atomic E-state index is -1.41. The summed E-state index contributed by atoms with van der Waals surface area (Å²) >= 11 is 0. The molecule has 0 aromatic carbocycles. The Morgan fingerprint density at radius 1 is 1.44 bits per heavy atom. The number of allylic oxidation sites excluding steroid dienone is 2. The standard InChI is InChI=1S/C19H22FN3O4/c1-3-10-6-5-9-7-11(20)16-17(14(9)21-10)27-8-13-12(4-2)22-15(19(25)26)18(24)23(13)16/h7-8,10,12,14,17,21H,3-6H2,1-2H3,(H,25,26). The monoisotopic (exact) mass is 375 g/mol. The average Bonchev–Trinajstić information content (AvgIpc) is 2.67. The van der Waals surface area contributed by atoms with Crippen LogP contribution < -0.4 is 5.32 Å². The van der Waals surface area contributed by atoms with Gasteiger partial charge in [0.15, 0.2) is 6.10 Å². The van der Waals surface area contributed by atoms with E-state index in [9.17, 15) is 14.7 Å². The second-order valence-corrected chi connectivity index (χ2v) is 7.19. The maximum Gasteiger partial charge on any atom is 0.359 e. The number of nitrogens with zero attached hydrogens (tertiary/aromatic N) is 2. The van der Waals surface area contributed by atoms with Crippen LogP contribution in [0.25, 0.3) is 0 Å². The summed E-state index contributed by atoms with van der Waals surface area (Å²) in [6.45, 7) is 3.91. The number of halogens is 1. The number of fused-ring (bicyclic) bond motifs is 5. The summed E-state index contributed by atoms with van der Waals surface area (Å²) < 4.78 is 20.9. The molecule has 1 saturated heterocycles. The van der Waals surface area contributed by atoms with Crippen molar-refractivity contribution in [2.45, 2.75) is 63.8 Å². The van der Waals surface area contributed by atoms with E-state index in [-0.39, 0.29) is 11.7 Å². The maximum atomic E-state index is 15.1. The number of aliphatic carboxylic acids is 1. The number of carboxylic acids is 1. The third-order valence-electron chi connectivity index (χ3n) is 5.67. The van der Waals surface area contributed by atoms with Gasteiger partial charge in [0.1, 0.15) is 17.8 Å². The lowest BCUT2D eigenvalue weighted by Crippen LogP contribution is -2.58. The summed E-state index contributed by atoms with van der Waals surface area (Å²) in [6, 6.07) is -0.515. The quantitative estimate of drug-likeness (QED) is 0.788. The van der Waals surface area contributed by atoms with E-state index in [0.717, 1.165) is 24.8 Å². The number of rotatable bonds is 3. The van der Waals surface area contributed by atoms with Gasteiger partial charge in [-0.2, -0.15) is 0 Å². The predicted octanol–water partition coefficient (Wildman–Crippen LogP) is 2.02. The summed E-state index contributed by atoms with van der Waals surface area (Å²) in [4.78, 5) is 29.5. The molecule has 0 spiro atoms. The summed E-state index contributed by atoms with van der Waals surface area (Å²) in [5.41, 5.74) is 0.792. The molecular weight excluding hydrogens is 353 g/mol. The van der Waals surface area contributed by atoms with E-state index in [1.165, 1.54) is 17.2 Å². The molecule has 4 rings (SSSR count). The van der Waals surface area contributed by atoms with Gasteiger partial charge in [-0.1, -0.05) is 13.8 Å². The zero-order chi connectivity index (χ0) is 19.3. The van der Waals surface area contributed by atoms with Crippen LogP contribution in [-0.4, -0.2) is 51.8 Å².